The van der Waals surface area contributed by atoms with Crippen LogP contribution in [-0.2, 0) is 4.79 Å². The van der Waals surface area contributed by atoms with Crippen molar-refractivity contribution in [2.45, 2.75) is 59.3 Å². The van der Waals surface area contributed by atoms with Gasteiger partial charge in [-0.2, -0.15) is 4.99 Å². The Hall–Kier alpha value is -0.220. The highest BCUT2D eigenvalue weighted by atomic mass is 32.2. The molecular formula is C15H25NOS2. The van der Waals surface area contributed by atoms with Crippen molar-refractivity contribution in [3.8, 4) is 0 Å². The Morgan fingerprint density at radius 1 is 1.21 bits per heavy atom. The van der Waals surface area contributed by atoms with Crippen LogP contribution in [0.3, 0.4) is 0 Å². The first-order chi connectivity index (χ1) is 9.13. The quantitative estimate of drug-likeness (QED) is 0.453. The second kappa shape index (κ2) is 9.65. The highest BCUT2D eigenvalue weighted by Crippen LogP contribution is 2.33. The molecule has 0 radical (unpaired) electrons. The predicted molar refractivity (Wildman–Crippen MR) is 88.8 cm³/mol. The molecule has 0 unspecified atom stereocenters. The lowest BCUT2D eigenvalue weighted by atomic mass is 10.1. The number of carbonyl (C=O) groups is 1. The van der Waals surface area contributed by atoms with Crippen LogP contribution in [0.15, 0.2) is 16.0 Å². The van der Waals surface area contributed by atoms with E-state index in [1.807, 2.05) is 6.08 Å². The number of unbranched alkanes of at least 4 members (excludes halogenated alkanes) is 5. The third kappa shape index (κ3) is 7.21. The summed E-state index contributed by atoms with van der Waals surface area (Å²) in [5, 5.41) is 0. The van der Waals surface area contributed by atoms with Gasteiger partial charge in [0, 0.05) is 5.75 Å². The zero-order chi connectivity index (χ0) is 14.1. The van der Waals surface area contributed by atoms with Crippen LogP contribution in [0.2, 0.25) is 0 Å². The van der Waals surface area contributed by atoms with E-state index in [-0.39, 0.29) is 5.91 Å². The summed E-state index contributed by atoms with van der Waals surface area (Å²) in [6.45, 7) is 6.41. The summed E-state index contributed by atoms with van der Waals surface area (Å²) < 4.78 is 0.936. The molecule has 19 heavy (non-hydrogen) atoms. The monoisotopic (exact) mass is 299 g/mol. The summed E-state index contributed by atoms with van der Waals surface area (Å²) in [6.07, 6.45) is 9.89. The Morgan fingerprint density at radius 3 is 2.58 bits per heavy atom. The third-order valence-electron chi connectivity index (χ3n) is 2.81. The Balaban J connectivity index is 2.15. The van der Waals surface area contributed by atoms with Gasteiger partial charge in [-0.1, -0.05) is 82.5 Å². The van der Waals surface area contributed by atoms with Crippen molar-refractivity contribution in [2.75, 3.05) is 5.75 Å². The molecule has 1 heterocycles. The van der Waals surface area contributed by atoms with Crippen molar-refractivity contribution >= 4 is 33.8 Å². The number of amides is 1. The van der Waals surface area contributed by atoms with E-state index in [1.165, 1.54) is 38.5 Å². The van der Waals surface area contributed by atoms with Gasteiger partial charge < -0.3 is 0 Å². The Morgan fingerprint density at radius 2 is 1.89 bits per heavy atom. The molecule has 108 valence electrons. The number of allylic oxidation sites excluding steroid dienone is 1. The summed E-state index contributed by atoms with van der Waals surface area (Å²) >= 11 is 3.28. The molecule has 0 aromatic rings. The molecule has 1 amide bonds. The van der Waals surface area contributed by atoms with E-state index in [0.29, 0.717) is 5.92 Å². The van der Waals surface area contributed by atoms with Crippen LogP contribution >= 0.6 is 23.5 Å². The van der Waals surface area contributed by atoms with Gasteiger partial charge in [0.1, 0.15) is 4.38 Å². The average molecular weight is 300 g/mol. The lowest BCUT2D eigenvalue weighted by Crippen LogP contribution is -1.90. The molecule has 2 nitrogen and oxygen atoms in total. The molecule has 0 N–H and O–H groups in total. The van der Waals surface area contributed by atoms with Crippen molar-refractivity contribution in [2.24, 2.45) is 10.9 Å². The molecule has 4 heteroatoms. The zero-order valence-corrected chi connectivity index (χ0v) is 13.9. The highest BCUT2D eigenvalue weighted by molar-refractivity contribution is 8.41. The van der Waals surface area contributed by atoms with Crippen molar-refractivity contribution < 1.29 is 4.79 Å². The van der Waals surface area contributed by atoms with Crippen molar-refractivity contribution in [3.63, 3.8) is 0 Å². The van der Waals surface area contributed by atoms with Crippen LogP contribution in [-0.4, -0.2) is 16.0 Å². The fraction of sp³-hybridized carbons (Fsp3) is 0.733. The second-order valence-electron chi connectivity index (χ2n) is 5.18. The molecule has 1 aliphatic heterocycles. The maximum atomic E-state index is 11.6. The van der Waals surface area contributed by atoms with Crippen molar-refractivity contribution in [1.29, 1.82) is 0 Å². The van der Waals surface area contributed by atoms with Crippen LogP contribution in [0, 0.1) is 5.92 Å². The normalized spacial score (nSPS) is 17.6. The van der Waals surface area contributed by atoms with Gasteiger partial charge in [0.2, 0.25) is 0 Å². The standard InChI is InChI=1S/C15H25NOS2/c1-4-5-6-7-8-9-10-18-15-16-14(17)13(19-15)11-12(2)3/h11-12H,4-10H2,1-3H3/b13-11-. The Kier molecular flexibility index (Phi) is 8.55. The van der Waals surface area contributed by atoms with E-state index >= 15 is 0 Å². The average Bonchev–Trinajstić information content (AvgIpc) is 2.68. The summed E-state index contributed by atoms with van der Waals surface area (Å²) in [7, 11) is 0. The Bertz CT molecular complexity index is 348. The first-order valence-electron chi connectivity index (χ1n) is 7.29. The van der Waals surface area contributed by atoms with Gasteiger partial charge in [0.25, 0.3) is 5.91 Å². The van der Waals surface area contributed by atoms with Gasteiger partial charge in [0.05, 0.1) is 4.91 Å². The van der Waals surface area contributed by atoms with Crippen LogP contribution in [0.4, 0.5) is 0 Å². The number of hydrogen-bond acceptors (Lipinski definition) is 3. The minimum absolute atomic E-state index is 0.0517. The first-order valence-corrected chi connectivity index (χ1v) is 9.09. The summed E-state index contributed by atoms with van der Waals surface area (Å²) in [6, 6.07) is 0. The lowest BCUT2D eigenvalue weighted by molar-refractivity contribution is -0.113. The van der Waals surface area contributed by atoms with Crippen LogP contribution < -0.4 is 0 Å². The third-order valence-corrected chi connectivity index (χ3v) is 5.04. The SMILES string of the molecule is CCCCCCCCSC1=NC(=O)/C(=C/C(C)C)S1. The van der Waals surface area contributed by atoms with E-state index < -0.39 is 0 Å². The van der Waals surface area contributed by atoms with Crippen molar-refractivity contribution in [1.82, 2.24) is 0 Å². The van der Waals surface area contributed by atoms with Gasteiger partial charge in [-0.25, -0.2) is 0 Å². The number of carbonyl (C=O) groups excluding carboxylic acids is 1. The van der Waals surface area contributed by atoms with Crippen LogP contribution in [0.1, 0.15) is 59.3 Å². The second-order valence-corrected chi connectivity index (χ2v) is 7.55. The van der Waals surface area contributed by atoms with Crippen LogP contribution in [0.5, 0.6) is 0 Å². The first kappa shape index (κ1) is 16.8. The van der Waals surface area contributed by atoms with Gasteiger partial charge in [-0.15, -0.1) is 0 Å². The fourth-order valence-electron chi connectivity index (χ4n) is 1.81. The Labute approximate surface area is 125 Å². The summed E-state index contributed by atoms with van der Waals surface area (Å²) in [4.78, 5) is 16.5. The maximum Gasteiger partial charge on any atom is 0.285 e. The van der Waals surface area contributed by atoms with E-state index in [2.05, 4.69) is 25.8 Å². The molecular weight excluding hydrogens is 274 g/mol. The summed E-state index contributed by atoms with van der Waals surface area (Å²) in [5.74, 6) is 1.44. The molecule has 0 saturated carbocycles. The zero-order valence-electron chi connectivity index (χ0n) is 12.3. The van der Waals surface area contributed by atoms with Gasteiger partial charge in [-0.3, -0.25) is 4.79 Å². The predicted octanol–water partition coefficient (Wildman–Crippen LogP) is 5.25. The highest BCUT2D eigenvalue weighted by Gasteiger charge is 2.21. The molecule has 0 aliphatic carbocycles. The minimum Gasteiger partial charge on any atom is -0.266 e. The lowest BCUT2D eigenvalue weighted by Gasteiger charge is -2.01. The molecule has 0 spiro atoms. The minimum atomic E-state index is -0.0517. The largest absolute Gasteiger partial charge is 0.285 e. The molecule has 1 rings (SSSR count). The van der Waals surface area contributed by atoms with Gasteiger partial charge in [0.15, 0.2) is 0 Å². The fourth-order valence-corrected chi connectivity index (χ4v) is 4.03. The molecule has 0 fully saturated rings. The molecule has 0 aromatic heterocycles. The number of thioether (sulfide) groups is 2. The van der Waals surface area contributed by atoms with E-state index in [0.717, 1.165) is 15.0 Å². The number of aliphatic imine (C=N–C) groups is 1. The van der Waals surface area contributed by atoms with Gasteiger partial charge in [-0.05, 0) is 12.3 Å². The van der Waals surface area contributed by atoms with E-state index in [9.17, 15) is 4.79 Å². The smallest absolute Gasteiger partial charge is 0.266 e. The van der Waals surface area contributed by atoms with E-state index in [1.54, 1.807) is 23.5 Å². The molecule has 0 atom stereocenters. The topological polar surface area (TPSA) is 29.4 Å². The van der Waals surface area contributed by atoms with E-state index in [4.69, 9.17) is 0 Å². The van der Waals surface area contributed by atoms with Crippen molar-refractivity contribution in [3.05, 3.63) is 11.0 Å². The molecule has 0 aromatic carbocycles. The van der Waals surface area contributed by atoms with Crippen LogP contribution in [0.25, 0.3) is 0 Å². The molecule has 1 aliphatic rings. The number of hydrogen-bond donors (Lipinski definition) is 0. The summed E-state index contributed by atoms with van der Waals surface area (Å²) in [5.41, 5.74) is 0. The number of rotatable bonds is 8. The molecule has 0 saturated heterocycles. The number of nitrogens with zero attached hydrogens (tertiary/aromatic N) is 1. The maximum absolute atomic E-state index is 11.6. The van der Waals surface area contributed by atoms with Gasteiger partial charge >= 0.3 is 0 Å². The molecule has 0 bridgehead atoms.